The van der Waals surface area contributed by atoms with Gasteiger partial charge in [0.1, 0.15) is 17.4 Å². The summed E-state index contributed by atoms with van der Waals surface area (Å²) in [5.74, 6) is -1.48. The summed E-state index contributed by atoms with van der Waals surface area (Å²) in [5, 5.41) is 2.63. The standard InChI is InChI=1S/C16H15F2NO2/c1-10(12-5-3-4-6-15(12)21-2)19-16(20)13-9-11(17)7-8-14(13)18/h3-10H,1-2H3,(H,19,20). The van der Waals surface area contributed by atoms with Crippen molar-refractivity contribution >= 4 is 5.91 Å². The van der Waals surface area contributed by atoms with E-state index in [-0.39, 0.29) is 5.56 Å². The lowest BCUT2D eigenvalue weighted by Gasteiger charge is -2.17. The molecule has 0 aliphatic heterocycles. The number of rotatable bonds is 4. The summed E-state index contributed by atoms with van der Waals surface area (Å²) in [5.41, 5.74) is 0.432. The lowest BCUT2D eigenvalue weighted by molar-refractivity contribution is 0.0935. The van der Waals surface area contributed by atoms with Gasteiger partial charge in [-0.3, -0.25) is 4.79 Å². The Morgan fingerprint density at radius 2 is 1.90 bits per heavy atom. The summed E-state index contributed by atoms with van der Waals surface area (Å²) in [6.07, 6.45) is 0. The van der Waals surface area contributed by atoms with Crippen molar-refractivity contribution in [1.29, 1.82) is 0 Å². The molecular formula is C16H15F2NO2. The van der Waals surface area contributed by atoms with Crippen LogP contribution in [0.2, 0.25) is 0 Å². The van der Waals surface area contributed by atoms with E-state index in [1.54, 1.807) is 19.1 Å². The maximum Gasteiger partial charge on any atom is 0.254 e. The topological polar surface area (TPSA) is 38.3 Å². The van der Waals surface area contributed by atoms with Crippen molar-refractivity contribution in [2.24, 2.45) is 0 Å². The molecule has 5 heteroatoms. The molecule has 1 N–H and O–H groups in total. The van der Waals surface area contributed by atoms with Crippen molar-refractivity contribution in [3.8, 4) is 5.75 Å². The van der Waals surface area contributed by atoms with Crippen LogP contribution >= 0.6 is 0 Å². The van der Waals surface area contributed by atoms with Crippen LogP contribution in [0.15, 0.2) is 42.5 Å². The molecule has 1 unspecified atom stereocenters. The Labute approximate surface area is 121 Å². The summed E-state index contributed by atoms with van der Waals surface area (Å²) >= 11 is 0. The van der Waals surface area contributed by atoms with Gasteiger partial charge >= 0.3 is 0 Å². The Hall–Kier alpha value is -2.43. The molecule has 0 radical (unpaired) electrons. The summed E-state index contributed by atoms with van der Waals surface area (Å²) in [7, 11) is 1.53. The van der Waals surface area contributed by atoms with E-state index in [9.17, 15) is 13.6 Å². The molecule has 0 spiro atoms. The van der Waals surface area contributed by atoms with Crippen molar-refractivity contribution in [3.63, 3.8) is 0 Å². The number of ether oxygens (including phenoxy) is 1. The minimum Gasteiger partial charge on any atom is -0.496 e. The average molecular weight is 291 g/mol. The van der Waals surface area contributed by atoms with Gasteiger partial charge in [-0.15, -0.1) is 0 Å². The second-order valence-corrected chi connectivity index (χ2v) is 4.56. The molecule has 1 amide bonds. The van der Waals surface area contributed by atoms with E-state index < -0.39 is 23.6 Å². The number of amides is 1. The smallest absolute Gasteiger partial charge is 0.254 e. The zero-order valence-electron chi connectivity index (χ0n) is 11.7. The van der Waals surface area contributed by atoms with Crippen LogP contribution in [0.3, 0.4) is 0 Å². The van der Waals surface area contributed by atoms with Gasteiger partial charge in [-0.25, -0.2) is 8.78 Å². The minimum atomic E-state index is -0.763. The van der Waals surface area contributed by atoms with Gasteiger partial charge < -0.3 is 10.1 Å². The molecule has 110 valence electrons. The number of nitrogens with one attached hydrogen (secondary N) is 1. The molecule has 0 bridgehead atoms. The van der Waals surface area contributed by atoms with Crippen molar-refractivity contribution in [3.05, 3.63) is 65.2 Å². The van der Waals surface area contributed by atoms with Crippen molar-refractivity contribution in [1.82, 2.24) is 5.32 Å². The van der Waals surface area contributed by atoms with Gasteiger partial charge in [0.15, 0.2) is 0 Å². The van der Waals surface area contributed by atoms with Crippen LogP contribution in [0.25, 0.3) is 0 Å². The van der Waals surface area contributed by atoms with E-state index >= 15 is 0 Å². The predicted octanol–water partition coefficient (Wildman–Crippen LogP) is 3.46. The second kappa shape index (κ2) is 6.35. The molecule has 0 heterocycles. The molecular weight excluding hydrogens is 276 g/mol. The number of para-hydroxylation sites is 1. The Kier molecular flexibility index (Phi) is 4.52. The van der Waals surface area contributed by atoms with Crippen LogP contribution in [0.4, 0.5) is 8.78 Å². The number of benzene rings is 2. The van der Waals surface area contributed by atoms with Crippen LogP contribution in [0.1, 0.15) is 28.9 Å². The van der Waals surface area contributed by atoms with Gasteiger partial charge in [0, 0.05) is 5.56 Å². The maximum atomic E-state index is 13.6. The average Bonchev–Trinajstić information content (AvgIpc) is 2.49. The van der Waals surface area contributed by atoms with E-state index in [0.717, 1.165) is 23.8 Å². The van der Waals surface area contributed by atoms with Crippen LogP contribution < -0.4 is 10.1 Å². The molecule has 0 aliphatic rings. The zero-order valence-corrected chi connectivity index (χ0v) is 11.7. The van der Waals surface area contributed by atoms with E-state index in [1.807, 2.05) is 12.1 Å². The largest absolute Gasteiger partial charge is 0.496 e. The molecule has 2 aromatic rings. The SMILES string of the molecule is COc1ccccc1C(C)NC(=O)c1cc(F)ccc1F. The van der Waals surface area contributed by atoms with Crippen molar-refractivity contribution < 1.29 is 18.3 Å². The zero-order chi connectivity index (χ0) is 15.4. The fraction of sp³-hybridized carbons (Fsp3) is 0.188. The first kappa shape index (κ1) is 15.0. The van der Waals surface area contributed by atoms with Crippen molar-refractivity contribution in [2.45, 2.75) is 13.0 Å². The normalized spacial score (nSPS) is 11.8. The van der Waals surface area contributed by atoms with Gasteiger partial charge in [-0.2, -0.15) is 0 Å². The highest BCUT2D eigenvalue weighted by molar-refractivity contribution is 5.94. The van der Waals surface area contributed by atoms with E-state index in [0.29, 0.717) is 5.75 Å². The number of halogens is 2. The first-order valence-corrected chi connectivity index (χ1v) is 6.41. The number of hydrogen-bond acceptors (Lipinski definition) is 2. The first-order chi connectivity index (χ1) is 10.0. The molecule has 0 saturated heterocycles. The minimum absolute atomic E-state index is 0.322. The Morgan fingerprint density at radius 1 is 1.19 bits per heavy atom. The summed E-state index contributed by atoms with van der Waals surface area (Å²) in [6.45, 7) is 1.74. The predicted molar refractivity (Wildman–Crippen MR) is 75.2 cm³/mol. The lowest BCUT2D eigenvalue weighted by Crippen LogP contribution is -2.27. The third-order valence-electron chi connectivity index (χ3n) is 3.13. The maximum absolute atomic E-state index is 13.6. The van der Waals surface area contributed by atoms with E-state index in [1.165, 1.54) is 7.11 Å². The van der Waals surface area contributed by atoms with Gasteiger partial charge in [-0.1, -0.05) is 18.2 Å². The summed E-state index contributed by atoms with van der Waals surface area (Å²) in [4.78, 5) is 12.0. The Balaban J connectivity index is 2.21. The highest BCUT2D eigenvalue weighted by Crippen LogP contribution is 2.24. The highest BCUT2D eigenvalue weighted by Gasteiger charge is 2.17. The molecule has 2 aromatic carbocycles. The number of hydrogen-bond donors (Lipinski definition) is 1. The van der Waals surface area contributed by atoms with Gasteiger partial charge in [0.2, 0.25) is 0 Å². The van der Waals surface area contributed by atoms with Crippen LogP contribution in [0, 0.1) is 11.6 Å². The third kappa shape index (κ3) is 3.37. The molecule has 0 saturated carbocycles. The number of carbonyl (C=O) groups is 1. The molecule has 0 aromatic heterocycles. The van der Waals surface area contributed by atoms with Gasteiger partial charge in [-0.05, 0) is 31.2 Å². The Bertz CT molecular complexity index is 658. The summed E-state index contributed by atoms with van der Waals surface area (Å²) in [6, 6.07) is 9.54. The van der Waals surface area contributed by atoms with E-state index in [4.69, 9.17) is 4.74 Å². The van der Waals surface area contributed by atoms with Gasteiger partial charge in [0.05, 0.1) is 18.7 Å². The number of carbonyl (C=O) groups excluding carboxylic acids is 1. The first-order valence-electron chi connectivity index (χ1n) is 6.41. The molecule has 21 heavy (non-hydrogen) atoms. The lowest BCUT2D eigenvalue weighted by atomic mass is 10.1. The third-order valence-corrected chi connectivity index (χ3v) is 3.13. The number of methoxy groups -OCH3 is 1. The van der Waals surface area contributed by atoms with Gasteiger partial charge in [0.25, 0.3) is 5.91 Å². The quantitative estimate of drug-likeness (QED) is 0.936. The summed E-state index contributed by atoms with van der Waals surface area (Å²) < 4.78 is 31.9. The van der Waals surface area contributed by atoms with E-state index in [2.05, 4.69) is 5.32 Å². The molecule has 0 aliphatic carbocycles. The fourth-order valence-electron chi connectivity index (χ4n) is 2.05. The highest BCUT2D eigenvalue weighted by atomic mass is 19.1. The molecule has 1 atom stereocenters. The molecule has 3 nitrogen and oxygen atoms in total. The molecule has 0 fully saturated rings. The van der Waals surface area contributed by atoms with Crippen molar-refractivity contribution in [2.75, 3.05) is 7.11 Å². The van der Waals surface area contributed by atoms with Crippen LogP contribution in [-0.4, -0.2) is 13.0 Å². The fourth-order valence-corrected chi connectivity index (χ4v) is 2.05. The van der Waals surface area contributed by atoms with Crippen LogP contribution in [0.5, 0.6) is 5.75 Å². The Morgan fingerprint density at radius 3 is 2.62 bits per heavy atom. The van der Waals surface area contributed by atoms with Crippen LogP contribution in [-0.2, 0) is 0 Å². The monoisotopic (exact) mass is 291 g/mol. The molecule has 2 rings (SSSR count). The second-order valence-electron chi connectivity index (χ2n) is 4.56.